The van der Waals surface area contributed by atoms with Gasteiger partial charge in [-0.2, -0.15) is 0 Å². The highest BCUT2D eigenvalue weighted by molar-refractivity contribution is 5.96. The minimum absolute atomic E-state index is 0.146. The van der Waals surface area contributed by atoms with Crippen molar-refractivity contribution in [1.82, 2.24) is 15.3 Å². The molecule has 0 saturated carbocycles. The minimum atomic E-state index is -0.706. The fraction of sp³-hybridized carbons (Fsp3) is 0.160. The van der Waals surface area contributed by atoms with Crippen LogP contribution >= 0.6 is 0 Å². The number of nitrogens with zero attached hydrogens (tertiary/aromatic N) is 1. The number of halogens is 3. The molecule has 1 aliphatic rings. The molecule has 4 aromatic rings. The van der Waals surface area contributed by atoms with Crippen molar-refractivity contribution in [3.8, 4) is 11.1 Å². The highest BCUT2D eigenvalue weighted by Crippen LogP contribution is 2.34. The van der Waals surface area contributed by atoms with Crippen molar-refractivity contribution in [2.75, 3.05) is 18.4 Å². The number of rotatable bonds is 5. The van der Waals surface area contributed by atoms with Crippen LogP contribution in [-0.2, 0) is 6.54 Å². The summed E-state index contributed by atoms with van der Waals surface area (Å²) in [7, 11) is 0. The van der Waals surface area contributed by atoms with E-state index in [4.69, 9.17) is 0 Å². The molecule has 1 aliphatic heterocycles. The number of hydrogen-bond donors (Lipinski definition) is 3. The van der Waals surface area contributed by atoms with Crippen LogP contribution in [0.25, 0.3) is 27.7 Å². The lowest BCUT2D eigenvalue weighted by atomic mass is 10.0. The molecular formula is C25H21F3N4. The van der Waals surface area contributed by atoms with Gasteiger partial charge >= 0.3 is 0 Å². The SMILES string of the molecule is Fc1cccc(CNc2cc(-c3ccnc4[nH]c(C5=CCNCC5)cc34)c(F)cc2F)c1. The van der Waals surface area contributed by atoms with E-state index >= 15 is 0 Å². The monoisotopic (exact) mass is 434 g/mol. The van der Waals surface area contributed by atoms with Gasteiger partial charge in [0.05, 0.1) is 5.69 Å². The van der Waals surface area contributed by atoms with Crippen molar-refractivity contribution in [3.63, 3.8) is 0 Å². The molecular weight excluding hydrogens is 413 g/mol. The number of hydrogen-bond acceptors (Lipinski definition) is 3. The zero-order valence-corrected chi connectivity index (χ0v) is 17.2. The molecule has 4 nitrogen and oxygen atoms in total. The van der Waals surface area contributed by atoms with Crippen LogP contribution in [0.2, 0.25) is 0 Å². The second-order valence-corrected chi connectivity index (χ2v) is 7.78. The lowest BCUT2D eigenvalue weighted by Crippen LogP contribution is -2.20. The molecule has 2 aromatic carbocycles. The lowest BCUT2D eigenvalue weighted by molar-refractivity contribution is 0.587. The van der Waals surface area contributed by atoms with Gasteiger partial charge < -0.3 is 15.6 Å². The van der Waals surface area contributed by atoms with Crippen LogP contribution in [-0.4, -0.2) is 23.1 Å². The standard InChI is InChI=1S/C25H21F3N4/c26-17-3-1-2-15(10-17)14-31-24-11-19(21(27)13-22(24)28)18-6-9-30-25-20(18)12-23(32-25)16-4-7-29-8-5-16/h1-4,6,9-13,29,31H,5,7-8,14H2,(H,30,32). The molecule has 0 fully saturated rings. The number of nitrogens with one attached hydrogen (secondary N) is 3. The molecule has 0 amide bonds. The number of H-pyrrole nitrogens is 1. The summed E-state index contributed by atoms with van der Waals surface area (Å²) in [5.41, 5.74) is 4.48. The zero-order chi connectivity index (χ0) is 22.1. The van der Waals surface area contributed by atoms with Gasteiger partial charge in [0.1, 0.15) is 23.1 Å². The van der Waals surface area contributed by atoms with Crippen LogP contribution in [0.3, 0.4) is 0 Å². The van der Waals surface area contributed by atoms with Crippen LogP contribution in [0.4, 0.5) is 18.9 Å². The van der Waals surface area contributed by atoms with Gasteiger partial charge in [0.25, 0.3) is 0 Å². The first-order chi connectivity index (χ1) is 15.6. The summed E-state index contributed by atoms with van der Waals surface area (Å²) in [4.78, 5) is 7.71. The number of anilines is 1. The maximum atomic E-state index is 14.9. The summed E-state index contributed by atoms with van der Waals surface area (Å²) < 4.78 is 42.8. The fourth-order valence-corrected chi connectivity index (χ4v) is 4.04. The molecule has 3 heterocycles. The lowest BCUT2D eigenvalue weighted by Gasteiger charge is -2.12. The smallest absolute Gasteiger partial charge is 0.149 e. The molecule has 0 bridgehead atoms. The molecule has 32 heavy (non-hydrogen) atoms. The molecule has 5 rings (SSSR count). The van der Waals surface area contributed by atoms with Gasteiger partial charge in [-0.3, -0.25) is 0 Å². The first-order valence-corrected chi connectivity index (χ1v) is 10.4. The summed E-state index contributed by atoms with van der Waals surface area (Å²) in [6, 6.07) is 12.1. The van der Waals surface area contributed by atoms with Crippen molar-refractivity contribution in [2.24, 2.45) is 0 Å². The van der Waals surface area contributed by atoms with E-state index in [9.17, 15) is 13.2 Å². The Balaban J connectivity index is 1.52. The van der Waals surface area contributed by atoms with E-state index in [-0.39, 0.29) is 23.6 Å². The number of aromatic nitrogens is 2. The number of pyridine rings is 1. The third kappa shape index (κ3) is 3.99. The maximum Gasteiger partial charge on any atom is 0.149 e. The molecule has 0 unspecified atom stereocenters. The van der Waals surface area contributed by atoms with Gasteiger partial charge in [-0.25, -0.2) is 18.2 Å². The van der Waals surface area contributed by atoms with Crippen molar-refractivity contribution in [3.05, 3.63) is 89.5 Å². The van der Waals surface area contributed by atoms with Crippen molar-refractivity contribution >= 4 is 22.3 Å². The Morgan fingerprint density at radius 1 is 0.969 bits per heavy atom. The van der Waals surface area contributed by atoms with Crippen LogP contribution in [0, 0.1) is 17.5 Å². The van der Waals surface area contributed by atoms with Gasteiger partial charge in [0.2, 0.25) is 0 Å². The summed E-state index contributed by atoms with van der Waals surface area (Å²) in [6.45, 7) is 1.91. The van der Waals surface area contributed by atoms with E-state index in [1.165, 1.54) is 23.8 Å². The average Bonchev–Trinajstić information content (AvgIpc) is 3.24. The molecule has 2 aromatic heterocycles. The Hall–Kier alpha value is -3.58. The van der Waals surface area contributed by atoms with Crippen LogP contribution in [0.5, 0.6) is 0 Å². The van der Waals surface area contributed by atoms with Crippen molar-refractivity contribution in [2.45, 2.75) is 13.0 Å². The van der Waals surface area contributed by atoms with E-state index < -0.39 is 11.6 Å². The van der Waals surface area contributed by atoms with Gasteiger partial charge in [0.15, 0.2) is 0 Å². The molecule has 0 radical (unpaired) electrons. The minimum Gasteiger partial charge on any atom is -0.379 e. The second-order valence-electron chi connectivity index (χ2n) is 7.78. The van der Waals surface area contributed by atoms with Crippen molar-refractivity contribution < 1.29 is 13.2 Å². The number of fused-ring (bicyclic) bond motifs is 1. The van der Waals surface area contributed by atoms with E-state index in [0.717, 1.165) is 36.7 Å². The Labute approximate surface area is 183 Å². The molecule has 0 spiro atoms. The quantitative estimate of drug-likeness (QED) is 0.381. The molecule has 3 N–H and O–H groups in total. The van der Waals surface area contributed by atoms with Crippen molar-refractivity contribution in [1.29, 1.82) is 0 Å². The third-order valence-electron chi connectivity index (χ3n) is 5.66. The Bertz CT molecular complexity index is 1330. The maximum absolute atomic E-state index is 14.9. The molecule has 7 heteroatoms. The first kappa shape index (κ1) is 20.3. The largest absolute Gasteiger partial charge is 0.379 e. The summed E-state index contributed by atoms with van der Waals surface area (Å²) >= 11 is 0. The summed E-state index contributed by atoms with van der Waals surface area (Å²) in [5.74, 6) is -1.73. The Kier molecular flexibility index (Phi) is 5.41. The number of aromatic amines is 1. The topological polar surface area (TPSA) is 52.7 Å². The van der Waals surface area contributed by atoms with Gasteiger partial charge in [-0.15, -0.1) is 0 Å². The fourth-order valence-electron chi connectivity index (χ4n) is 4.04. The van der Waals surface area contributed by atoms with Crippen LogP contribution in [0.15, 0.2) is 60.8 Å². The normalized spacial score (nSPS) is 13.9. The summed E-state index contributed by atoms with van der Waals surface area (Å²) in [6.07, 6.45) is 4.62. The van der Waals surface area contributed by atoms with E-state index in [1.54, 1.807) is 24.4 Å². The second kappa shape index (κ2) is 8.51. The molecule has 162 valence electrons. The highest BCUT2D eigenvalue weighted by Gasteiger charge is 2.17. The number of benzene rings is 2. The summed E-state index contributed by atoms with van der Waals surface area (Å²) in [5, 5.41) is 7.00. The van der Waals surface area contributed by atoms with E-state index in [0.29, 0.717) is 16.8 Å². The predicted molar refractivity (Wildman–Crippen MR) is 121 cm³/mol. The Morgan fingerprint density at radius 3 is 2.69 bits per heavy atom. The molecule has 0 aliphatic carbocycles. The van der Waals surface area contributed by atoms with Gasteiger partial charge in [-0.1, -0.05) is 18.2 Å². The average molecular weight is 434 g/mol. The predicted octanol–water partition coefficient (Wildman–Crippen LogP) is 5.64. The Morgan fingerprint density at radius 2 is 1.88 bits per heavy atom. The third-order valence-corrected chi connectivity index (χ3v) is 5.66. The highest BCUT2D eigenvalue weighted by atomic mass is 19.1. The zero-order valence-electron chi connectivity index (χ0n) is 17.2. The molecule has 0 saturated heterocycles. The van der Waals surface area contributed by atoms with Gasteiger partial charge in [0, 0.05) is 42.0 Å². The van der Waals surface area contributed by atoms with Crippen LogP contribution < -0.4 is 10.6 Å². The van der Waals surface area contributed by atoms with E-state index in [1.807, 2.05) is 6.07 Å². The van der Waals surface area contributed by atoms with Gasteiger partial charge in [-0.05, 0) is 60.0 Å². The molecule has 0 atom stereocenters. The first-order valence-electron chi connectivity index (χ1n) is 10.4. The van der Waals surface area contributed by atoms with Crippen LogP contribution in [0.1, 0.15) is 17.7 Å². The van der Waals surface area contributed by atoms with E-state index in [2.05, 4.69) is 26.7 Å².